The molecule has 1 aromatic heterocycles. The van der Waals surface area contributed by atoms with Gasteiger partial charge in [-0.15, -0.1) is 0 Å². The number of hydrogen-bond donors (Lipinski definition) is 2. The summed E-state index contributed by atoms with van der Waals surface area (Å²) in [5, 5.41) is 12.0. The molecule has 2 N–H and O–H groups in total. The predicted molar refractivity (Wildman–Crippen MR) is 79.9 cm³/mol. The molecule has 0 saturated carbocycles. The maximum Gasteiger partial charge on any atom is 0.325 e. The zero-order chi connectivity index (χ0) is 14.7. The molecular formula is C16H18N2O2. The molecule has 4 nitrogen and oxygen atoms in total. The Bertz CT molecular complexity index is 618. The maximum absolute atomic E-state index is 11.0. The molecule has 1 atom stereocenters. The Balaban J connectivity index is 2.44. The van der Waals surface area contributed by atoms with Gasteiger partial charge in [0.2, 0.25) is 0 Å². The van der Waals surface area contributed by atoms with E-state index in [0.29, 0.717) is 0 Å². The summed E-state index contributed by atoms with van der Waals surface area (Å²) in [4.78, 5) is 15.0. The molecule has 20 heavy (non-hydrogen) atoms. The molecule has 0 unspecified atom stereocenters. The van der Waals surface area contributed by atoms with Gasteiger partial charge in [-0.25, -0.2) is 0 Å². The van der Waals surface area contributed by atoms with Crippen LogP contribution in [0, 0.1) is 13.8 Å². The molecule has 1 heterocycles. The molecule has 0 radical (unpaired) electrons. The fourth-order valence-electron chi connectivity index (χ4n) is 2.19. The molecule has 1 aromatic carbocycles. The van der Waals surface area contributed by atoms with E-state index in [0.717, 1.165) is 16.8 Å². The van der Waals surface area contributed by atoms with Gasteiger partial charge in [0.15, 0.2) is 0 Å². The summed E-state index contributed by atoms with van der Waals surface area (Å²) < 4.78 is 0. The second kappa shape index (κ2) is 5.74. The van der Waals surface area contributed by atoms with Crippen LogP contribution in [0.4, 0.5) is 5.69 Å². The highest BCUT2D eigenvalue weighted by Gasteiger charge is 2.13. The van der Waals surface area contributed by atoms with Gasteiger partial charge in [0, 0.05) is 11.8 Å². The number of hydrogen-bond acceptors (Lipinski definition) is 3. The van der Waals surface area contributed by atoms with Crippen molar-refractivity contribution >= 4 is 11.7 Å². The van der Waals surface area contributed by atoms with Gasteiger partial charge >= 0.3 is 5.97 Å². The van der Waals surface area contributed by atoms with Crippen molar-refractivity contribution in [3.05, 3.63) is 47.8 Å². The molecule has 4 heteroatoms. The highest BCUT2D eigenvalue weighted by Crippen LogP contribution is 2.29. The normalized spacial score (nSPS) is 11.9. The summed E-state index contributed by atoms with van der Waals surface area (Å²) in [6, 6.07) is 7.50. The average molecular weight is 270 g/mol. The van der Waals surface area contributed by atoms with E-state index in [4.69, 9.17) is 5.11 Å². The van der Waals surface area contributed by atoms with Crippen LogP contribution in [0.3, 0.4) is 0 Å². The minimum atomic E-state index is -0.889. The van der Waals surface area contributed by atoms with Gasteiger partial charge in [-0.2, -0.15) is 0 Å². The van der Waals surface area contributed by atoms with Crippen LogP contribution in [0.15, 0.2) is 36.7 Å². The second-order valence-corrected chi connectivity index (χ2v) is 5.00. The molecule has 0 fully saturated rings. The van der Waals surface area contributed by atoms with Gasteiger partial charge < -0.3 is 10.4 Å². The van der Waals surface area contributed by atoms with Crippen LogP contribution >= 0.6 is 0 Å². The van der Waals surface area contributed by atoms with E-state index in [1.807, 2.05) is 19.9 Å². The van der Waals surface area contributed by atoms with Crippen molar-refractivity contribution in [3.63, 3.8) is 0 Å². The van der Waals surface area contributed by atoms with Crippen LogP contribution in [0.25, 0.3) is 11.1 Å². The number of carboxylic acids is 1. The number of rotatable bonds is 4. The molecular weight excluding hydrogens is 252 g/mol. The molecule has 0 spiro atoms. The minimum absolute atomic E-state index is 0.663. The Morgan fingerprint density at radius 2 is 1.90 bits per heavy atom. The Hall–Kier alpha value is -2.36. The molecule has 2 rings (SSSR count). The van der Waals surface area contributed by atoms with Crippen molar-refractivity contribution in [1.82, 2.24) is 4.98 Å². The Kier molecular flexibility index (Phi) is 4.03. The zero-order valence-electron chi connectivity index (χ0n) is 11.8. The van der Waals surface area contributed by atoms with Gasteiger partial charge in [0.05, 0.1) is 11.9 Å². The number of benzene rings is 1. The van der Waals surface area contributed by atoms with Gasteiger partial charge in [-0.3, -0.25) is 9.78 Å². The van der Waals surface area contributed by atoms with Crippen molar-refractivity contribution in [2.45, 2.75) is 26.8 Å². The van der Waals surface area contributed by atoms with Crippen molar-refractivity contribution in [3.8, 4) is 11.1 Å². The number of aliphatic carboxylic acids is 1. The molecule has 0 saturated heterocycles. The minimum Gasteiger partial charge on any atom is -0.480 e. The van der Waals surface area contributed by atoms with Gasteiger partial charge in [0.25, 0.3) is 0 Å². The van der Waals surface area contributed by atoms with Gasteiger partial charge in [-0.1, -0.05) is 29.3 Å². The van der Waals surface area contributed by atoms with Crippen LogP contribution in [0.2, 0.25) is 0 Å². The Morgan fingerprint density at radius 1 is 1.25 bits per heavy atom. The van der Waals surface area contributed by atoms with Crippen LogP contribution in [-0.2, 0) is 4.79 Å². The van der Waals surface area contributed by atoms with Crippen LogP contribution < -0.4 is 5.32 Å². The van der Waals surface area contributed by atoms with Crippen molar-refractivity contribution in [2.24, 2.45) is 0 Å². The highest BCUT2D eigenvalue weighted by atomic mass is 16.4. The molecule has 0 aliphatic heterocycles. The van der Waals surface area contributed by atoms with Crippen molar-refractivity contribution in [1.29, 1.82) is 0 Å². The summed E-state index contributed by atoms with van der Waals surface area (Å²) in [6.45, 7) is 5.70. The standard InChI is InChI=1S/C16H18N2O2/c1-10-6-11(2)8-13(7-10)14-4-5-17-9-15(14)18-12(3)16(19)20/h4-9,12,18H,1-3H3,(H,19,20)/t12-/m0/s1. The SMILES string of the molecule is Cc1cc(C)cc(-c2ccncc2N[C@@H](C)C(=O)O)c1. The number of aromatic nitrogens is 1. The van der Waals surface area contributed by atoms with E-state index in [-0.39, 0.29) is 0 Å². The predicted octanol–water partition coefficient (Wildman–Crippen LogP) is 3.25. The maximum atomic E-state index is 11.0. The lowest BCUT2D eigenvalue weighted by Crippen LogP contribution is -2.25. The monoisotopic (exact) mass is 270 g/mol. The lowest BCUT2D eigenvalue weighted by molar-refractivity contribution is -0.137. The van der Waals surface area contributed by atoms with E-state index in [1.165, 1.54) is 11.1 Å². The topological polar surface area (TPSA) is 62.2 Å². The van der Waals surface area contributed by atoms with Gasteiger partial charge in [-0.05, 0) is 32.4 Å². The number of carboxylic acid groups (broad SMARTS) is 1. The quantitative estimate of drug-likeness (QED) is 0.895. The molecule has 0 bridgehead atoms. The first-order valence-electron chi connectivity index (χ1n) is 6.49. The molecule has 104 valence electrons. The second-order valence-electron chi connectivity index (χ2n) is 5.00. The smallest absolute Gasteiger partial charge is 0.325 e. The lowest BCUT2D eigenvalue weighted by atomic mass is 10.0. The number of carbonyl (C=O) groups is 1. The number of pyridine rings is 1. The highest BCUT2D eigenvalue weighted by molar-refractivity contribution is 5.82. The van der Waals surface area contributed by atoms with Crippen LogP contribution in [0.1, 0.15) is 18.1 Å². The fourth-order valence-corrected chi connectivity index (χ4v) is 2.19. The summed E-state index contributed by atoms with van der Waals surface area (Å²) in [5.74, 6) is -0.889. The summed E-state index contributed by atoms with van der Waals surface area (Å²) in [7, 11) is 0. The average Bonchev–Trinajstić information content (AvgIpc) is 2.38. The van der Waals surface area contributed by atoms with E-state index in [1.54, 1.807) is 19.3 Å². The third kappa shape index (κ3) is 3.15. The van der Waals surface area contributed by atoms with Crippen molar-refractivity contribution in [2.75, 3.05) is 5.32 Å². The third-order valence-electron chi connectivity index (χ3n) is 3.10. The summed E-state index contributed by atoms with van der Waals surface area (Å²) in [6.07, 6.45) is 3.37. The first-order chi connectivity index (χ1) is 9.47. The first kappa shape index (κ1) is 14.1. The number of nitrogens with zero attached hydrogens (tertiary/aromatic N) is 1. The van der Waals surface area contributed by atoms with Crippen LogP contribution in [0.5, 0.6) is 0 Å². The Labute approximate surface area is 118 Å². The number of aryl methyl sites for hydroxylation is 2. The van der Waals surface area contributed by atoms with E-state index >= 15 is 0 Å². The van der Waals surface area contributed by atoms with E-state index in [2.05, 4.69) is 28.5 Å². The summed E-state index contributed by atoms with van der Waals surface area (Å²) in [5.41, 5.74) is 5.10. The van der Waals surface area contributed by atoms with E-state index < -0.39 is 12.0 Å². The third-order valence-corrected chi connectivity index (χ3v) is 3.10. The fraction of sp³-hybridized carbons (Fsp3) is 0.250. The number of nitrogens with one attached hydrogen (secondary N) is 1. The molecule has 0 aliphatic rings. The molecule has 2 aromatic rings. The Morgan fingerprint density at radius 3 is 2.50 bits per heavy atom. The molecule has 0 aliphatic carbocycles. The lowest BCUT2D eigenvalue weighted by Gasteiger charge is -2.15. The summed E-state index contributed by atoms with van der Waals surface area (Å²) >= 11 is 0. The zero-order valence-corrected chi connectivity index (χ0v) is 11.8. The first-order valence-corrected chi connectivity index (χ1v) is 6.49. The number of anilines is 1. The molecule has 0 amide bonds. The van der Waals surface area contributed by atoms with Crippen molar-refractivity contribution < 1.29 is 9.90 Å². The largest absolute Gasteiger partial charge is 0.480 e. The van der Waals surface area contributed by atoms with E-state index in [9.17, 15) is 4.79 Å². The van der Waals surface area contributed by atoms with Gasteiger partial charge in [0.1, 0.15) is 6.04 Å². The van der Waals surface area contributed by atoms with Crippen LogP contribution in [-0.4, -0.2) is 22.1 Å².